The molecule has 0 radical (unpaired) electrons. The lowest BCUT2D eigenvalue weighted by Gasteiger charge is -2.27. The van der Waals surface area contributed by atoms with Crippen molar-refractivity contribution in [1.82, 2.24) is 5.32 Å². The SMILES string of the molecule is CC(C)(C)OC(=O)N[C@@H](CC(=O)N1CC(O)COc2ccccc21)c1ccccc1. The van der Waals surface area contributed by atoms with E-state index in [-0.39, 0.29) is 25.5 Å². The number of ether oxygens (including phenoxy) is 2. The molecule has 2 aromatic rings. The summed E-state index contributed by atoms with van der Waals surface area (Å²) in [6.07, 6.45) is -1.40. The fourth-order valence-electron chi connectivity index (χ4n) is 3.26. The third-order valence-corrected chi connectivity index (χ3v) is 4.55. The molecule has 1 heterocycles. The Labute approximate surface area is 176 Å². The largest absolute Gasteiger partial charge is 0.489 e. The van der Waals surface area contributed by atoms with Crippen LogP contribution in [0.4, 0.5) is 10.5 Å². The molecule has 7 heteroatoms. The quantitative estimate of drug-likeness (QED) is 0.803. The highest BCUT2D eigenvalue weighted by Crippen LogP contribution is 2.32. The molecule has 1 aliphatic heterocycles. The lowest BCUT2D eigenvalue weighted by Crippen LogP contribution is -2.41. The first-order valence-electron chi connectivity index (χ1n) is 9.97. The van der Waals surface area contributed by atoms with Crippen molar-refractivity contribution in [2.45, 2.75) is 44.9 Å². The average Bonchev–Trinajstić information content (AvgIpc) is 2.86. The highest BCUT2D eigenvalue weighted by atomic mass is 16.6. The normalized spacial score (nSPS) is 17.2. The summed E-state index contributed by atoms with van der Waals surface area (Å²) in [5, 5.41) is 13.0. The summed E-state index contributed by atoms with van der Waals surface area (Å²) in [5.74, 6) is 0.302. The minimum absolute atomic E-state index is 0.00428. The Bertz CT molecular complexity index is 879. The number of β-amino-alcohol motifs (C(OH)–C–C–N with tert-alkyl or cyclic N) is 1. The van der Waals surface area contributed by atoms with Gasteiger partial charge in [-0.2, -0.15) is 0 Å². The van der Waals surface area contributed by atoms with E-state index in [0.717, 1.165) is 5.56 Å². The molecule has 2 amide bonds. The molecule has 7 nitrogen and oxygen atoms in total. The molecular formula is C23H28N2O5. The maximum absolute atomic E-state index is 13.3. The summed E-state index contributed by atoms with van der Waals surface area (Å²) in [4.78, 5) is 27.2. The maximum Gasteiger partial charge on any atom is 0.408 e. The monoisotopic (exact) mass is 412 g/mol. The van der Waals surface area contributed by atoms with Crippen LogP contribution in [0.5, 0.6) is 5.75 Å². The number of aliphatic hydroxyl groups is 1. The molecule has 0 spiro atoms. The van der Waals surface area contributed by atoms with Crippen LogP contribution in [0.2, 0.25) is 0 Å². The summed E-state index contributed by atoms with van der Waals surface area (Å²) >= 11 is 0. The minimum atomic E-state index is -0.810. The standard InChI is InChI=1S/C23H28N2O5/c1-23(2,3)30-22(28)24-18(16-9-5-4-6-10-16)13-21(27)25-14-17(26)15-29-20-12-8-7-11-19(20)25/h4-12,17-18,26H,13-15H2,1-3H3,(H,24,28)/t17?,18-/m0/s1. The smallest absolute Gasteiger partial charge is 0.408 e. The van der Waals surface area contributed by atoms with Gasteiger partial charge < -0.3 is 24.8 Å². The molecule has 1 aliphatic rings. The van der Waals surface area contributed by atoms with Gasteiger partial charge >= 0.3 is 6.09 Å². The van der Waals surface area contributed by atoms with Crippen molar-refractivity contribution in [2.24, 2.45) is 0 Å². The number of anilines is 1. The fraction of sp³-hybridized carbons (Fsp3) is 0.391. The maximum atomic E-state index is 13.3. The summed E-state index contributed by atoms with van der Waals surface area (Å²) in [5.41, 5.74) is 0.736. The Morgan fingerprint density at radius 3 is 2.53 bits per heavy atom. The number of benzene rings is 2. The zero-order valence-electron chi connectivity index (χ0n) is 17.5. The van der Waals surface area contributed by atoms with Crippen LogP contribution in [-0.4, -0.2) is 42.0 Å². The third-order valence-electron chi connectivity index (χ3n) is 4.55. The Hall–Kier alpha value is -3.06. The van der Waals surface area contributed by atoms with E-state index in [0.29, 0.717) is 11.4 Å². The number of rotatable bonds is 4. The second kappa shape index (κ2) is 9.17. The molecule has 0 saturated carbocycles. The van der Waals surface area contributed by atoms with Crippen LogP contribution < -0.4 is 15.0 Å². The third kappa shape index (κ3) is 5.73. The molecule has 160 valence electrons. The van der Waals surface area contributed by atoms with E-state index >= 15 is 0 Å². The Morgan fingerprint density at radius 2 is 1.83 bits per heavy atom. The zero-order chi connectivity index (χ0) is 21.7. The molecule has 2 atom stereocenters. The molecule has 30 heavy (non-hydrogen) atoms. The zero-order valence-corrected chi connectivity index (χ0v) is 17.5. The van der Waals surface area contributed by atoms with Crippen LogP contribution >= 0.6 is 0 Å². The van der Waals surface area contributed by atoms with E-state index < -0.39 is 23.8 Å². The van der Waals surface area contributed by atoms with Crippen molar-refractivity contribution in [2.75, 3.05) is 18.1 Å². The lowest BCUT2D eigenvalue weighted by atomic mass is 10.0. The van der Waals surface area contributed by atoms with Gasteiger partial charge in [0.1, 0.15) is 24.1 Å². The van der Waals surface area contributed by atoms with Crippen LogP contribution in [0, 0.1) is 0 Å². The number of alkyl carbamates (subject to hydrolysis) is 1. The first-order chi connectivity index (χ1) is 14.2. The van der Waals surface area contributed by atoms with E-state index in [2.05, 4.69) is 5.32 Å². The number of carbonyl (C=O) groups excluding carboxylic acids is 2. The molecule has 3 rings (SSSR count). The summed E-state index contributed by atoms with van der Waals surface area (Å²) in [6.45, 7) is 5.57. The van der Waals surface area contributed by atoms with E-state index in [4.69, 9.17) is 9.47 Å². The van der Waals surface area contributed by atoms with E-state index in [1.54, 1.807) is 32.9 Å². The molecule has 1 unspecified atom stereocenters. The number of hydrogen-bond donors (Lipinski definition) is 2. The number of carbonyl (C=O) groups is 2. The van der Waals surface area contributed by atoms with Gasteiger partial charge in [0, 0.05) is 0 Å². The van der Waals surface area contributed by atoms with Gasteiger partial charge in [-0.1, -0.05) is 42.5 Å². The molecule has 2 aromatic carbocycles. The Morgan fingerprint density at radius 1 is 1.17 bits per heavy atom. The molecule has 0 fully saturated rings. The number of para-hydroxylation sites is 2. The van der Waals surface area contributed by atoms with Gasteiger partial charge in [0.05, 0.1) is 24.7 Å². The summed E-state index contributed by atoms with van der Waals surface area (Å²) < 4.78 is 11.0. The van der Waals surface area contributed by atoms with Crippen molar-refractivity contribution < 1.29 is 24.2 Å². The second-order valence-electron chi connectivity index (χ2n) is 8.25. The van der Waals surface area contributed by atoms with Crippen molar-refractivity contribution in [3.63, 3.8) is 0 Å². The lowest BCUT2D eigenvalue weighted by molar-refractivity contribution is -0.119. The van der Waals surface area contributed by atoms with Gasteiger partial charge in [-0.25, -0.2) is 4.79 Å². The highest BCUT2D eigenvalue weighted by Gasteiger charge is 2.29. The number of hydrogen-bond acceptors (Lipinski definition) is 5. The van der Waals surface area contributed by atoms with Crippen molar-refractivity contribution >= 4 is 17.7 Å². The highest BCUT2D eigenvalue weighted by molar-refractivity contribution is 5.95. The average molecular weight is 412 g/mol. The van der Waals surface area contributed by atoms with Crippen LogP contribution in [0.25, 0.3) is 0 Å². The predicted octanol–water partition coefficient (Wildman–Crippen LogP) is 3.43. The van der Waals surface area contributed by atoms with Gasteiger partial charge in [-0.15, -0.1) is 0 Å². The van der Waals surface area contributed by atoms with Gasteiger partial charge in [0.2, 0.25) is 5.91 Å². The van der Waals surface area contributed by atoms with Crippen LogP contribution in [0.1, 0.15) is 38.8 Å². The van der Waals surface area contributed by atoms with Crippen LogP contribution in [-0.2, 0) is 9.53 Å². The van der Waals surface area contributed by atoms with Gasteiger partial charge in [-0.3, -0.25) is 4.79 Å². The van der Waals surface area contributed by atoms with Crippen molar-refractivity contribution in [1.29, 1.82) is 0 Å². The number of nitrogens with zero attached hydrogens (tertiary/aromatic N) is 1. The molecule has 0 aliphatic carbocycles. The predicted molar refractivity (Wildman–Crippen MR) is 113 cm³/mol. The Kier molecular flexibility index (Phi) is 6.62. The molecule has 0 aromatic heterocycles. The topological polar surface area (TPSA) is 88.1 Å². The first-order valence-corrected chi connectivity index (χ1v) is 9.97. The van der Waals surface area contributed by atoms with Crippen molar-refractivity contribution in [3.8, 4) is 5.75 Å². The Balaban J connectivity index is 1.83. The number of fused-ring (bicyclic) bond motifs is 1. The summed E-state index contributed by atoms with van der Waals surface area (Å²) in [6, 6.07) is 15.9. The molecular weight excluding hydrogens is 384 g/mol. The van der Waals surface area contributed by atoms with E-state index in [1.807, 2.05) is 42.5 Å². The van der Waals surface area contributed by atoms with Crippen LogP contribution in [0.15, 0.2) is 54.6 Å². The molecule has 2 N–H and O–H groups in total. The molecule has 0 bridgehead atoms. The van der Waals surface area contributed by atoms with E-state index in [9.17, 15) is 14.7 Å². The van der Waals surface area contributed by atoms with Gasteiger partial charge in [0.25, 0.3) is 0 Å². The van der Waals surface area contributed by atoms with Gasteiger partial charge in [0.15, 0.2) is 0 Å². The van der Waals surface area contributed by atoms with Crippen LogP contribution in [0.3, 0.4) is 0 Å². The minimum Gasteiger partial charge on any atom is -0.489 e. The number of nitrogens with one attached hydrogen (secondary N) is 1. The van der Waals surface area contributed by atoms with E-state index in [1.165, 1.54) is 4.90 Å². The second-order valence-corrected chi connectivity index (χ2v) is 8.25. The fourth-order valence-corrected chi connectivity index (χ4v) is 3.26. The first kappa shape index (κ1) is 21.6. The number of aliphatic hydroxyl groups excluding tert-OH is 1. The molecule has 0 saturated heterocycles. The van der Waals surface area contributed by atoms with Crippen molar-refractivity contribution in [3.05, 3.63) is 60.2 Å². The summed E-state index contributed by atoms with van der Waals surface area (Å²) in [7, 11) is 0. The van der Waals surface area contributed by atoms with Gasteiger partial charge in [-0.05, 0) is 38.5 Å². The number of amides is 2.